The lowest BCUT2D eigenvalue weighted by Crippen LogP contribution is -2.37. The van der Waals surface area contributed by atoms with E-state index in [9.17, 15) is 0 Å². The van der Waals surface area contributed by atoms with Gasteiger partial charge in [0.05, 0.1) is 18.8 Å². The van der Waals surface area contributed by atoms with E-state index in [1.807, 2.05) is 0 Å². The molecule has 2 aromatic heterocycles. The second-order valence-electron chi connectivity index (χ2n) is 6.92. The number of fused-ring (bicyclic) bond motifs is 1. The smallest absolute Gasteiger partial charge is 0.0662 e. The van der Waals surface area contributed by atoms with E-state index < -0.39 is 0 Å². The molecule has 4 heteroatoms. The fraction of sp³-hybridized carbons (Fsp3) is 0.381. The molecule has 1 aliphatic rings. The van der Waals surface area contributed by atoms with Crippen molar-refractivity contribution in [2.45, 2.75) is 45.9 Å². The predicted octanol–water partition coefficient (Wildman–Crippen LogP) is 4.01. The van der Waals surface area contributed by atoms with Crippen LogP contribution in [-0.2, 0) is 19.6 Å². The van der Waals surface area contributed by atoms with Crippen LogP contribution in [0, 0.1) is 6.92 Å². The zero-order valence-electron chi connectivity index (χ0n) is 15.1. The molecule has 4 nitrogen and oxygen atoms in total. The molecule has 1 aromatic carbocycles. The van der Waals surface area contributed by atoms with Crippen molar-refractivity contribution in [2.24, 2.45) is 0 Å². The van der Waals surface area contributed by atoms with Gasteiger partial charge in [0, 0.05) is 42.8 Å². The van der Waals surface area contributed by atoms with Crippen molar-refractivity contribution in [2.75, 3.05) is 6.54 Å². The Balaban J connectivity index is 1.52. The van der Waals surface area contributed by atoms with Gasteiger partial charge < -0.3 is 4.57 Å². The lowest BCUT2D eigenvalue weighted by molar-refractivity contribution is 0.144. The van der Waals surface area contributed by atoms with Crippen molar-refractivity contribution in [3.8, 4) is 0 Å². The van der Waals surface area contributed by atoms with Crippen LogP contribution >= 0.6 is 0 Å². The maximum absolute atomic E-state index is 4.65. The topological polar surface area (TPSA) is 26.0 Å². The molecule has 130 valence electrons. The van der Waals surface area contributed by atoms with Gasteiger partial charge in [0.15, 0.2) is 0 Å². The third-order valence-electron chi connectivity index (χ3n) is 5.42. The monoisotopic (exact) mass is 334 g/mol. The Morgan fingerprint density at radius 2 is 1.88 bits per heavy atom. The molecule has 0 amide bonds. The highest BCUT2D eigenvalue weighted by atomic mass is 15.3. The molecule has 0 aliphatic carbocycles. The number of nitrogens with zero attached hydrogens (tertiary/aromatic N) is 4. The predicted molar refractivity (Wildman–Crippen MR) is 100 cm³/mol. The lowest BCUT2D eigenvalue weighted by atomic mass is 10.1. The van der Waals surface area contributed by atoms with Crippen molar-refractivity contribution < 1.29 is 0 Å². The summed E-state index contributed by atoms with van der Waals surface area (Å²) in [5, 5.41) is 4.65. The van der Waals surface area contributed by atoms with E-state index in [0.29, 0.717) is 6.04 Å². The summed E-state index contributed by atoms with van der Waals surface area (Å²) < 4.78 is 4.52. The molecule has 4 rings (SSSR count). The van der Waals surface area contributed by atoms with Gasteiger partial charge in [-0.3, -0.25) is 9.58 Å². The van der Waals surface area contributed by atoms with Gasteiger partial charge in [-0.25, -0.2) is 0 Å². The molecular formula is C21H26N4. The summed E-state index contributed by atoms with van der Waals surface area (Å²) in [6.45, 7) is 8.47. The molecule has 0 spiro atoms. The molecule has 0 saturated heterocycles. The van der Waals surface area contributed by atoms with Crippen LogP contribution in [0.5, 0.6) is 0 Å². The summed E-state index contributed by atoms with van der Waals surface area (Å²) in [7, 11) is 0. The molecule has 1 atom stereocenters. The van der Waals surface area contributed by atoms with Crippen molar-refractivity contribution in [1.82, 2.24) is 19.2 Å². The normalized spacial score (nSPS) is 17.6. The molecule has 3 heterocycles. The minimum atomic E-state index is 0.501. The first kappa shape index (κ1) is 16.2. The van der Waals surface area contributed by atoms with Crippen LogP contribution in [0.3, 0.4) is 0 Å². The second kappa shape index (κ2) is 6.89. The van der Waals surface area contributed by atoms with Crippen LogP contribution in [0.2, 0.25) is 0 Å². The van der Waals surface area contributed by atoms with Crippen LogP contribution < -0.4 is 0 Å². The van der Waals surface area contributed by atoms with Crippen molar-refractivity contribution in [3.63, 3.8) is 0 Å². The average Bonchev–Trinajstić information content (AvgIpc) is 3.24. The molecule has 25 heavy (non-hydrogen) atoms. The van der Waals surface area contributed by atoms with Gasteiger partial charge in [-0.05, 0) is 31.0 Å². The van der Waals surface area contributed by atoms with Gasteiger partial charge in [-0.2, -0.15) is 5.10 Å². The quantitative estimate of drug-likeness (QED) is 0.705. The minimum absolute atomic E-state index is 0.501. The largest absolute Gasteiger partial charge is 0.349 e. The Labute approximate surface area is 149 Å². The molecular weight excluding hydrogens is 308 g/mol. The maximum Gasteiger partial charge on any atom is 0.0662 e. The third kappa shape index (κ3) is 3.14. The van der Waals surface area contributed by atoms with Gasteiger partial charge in [-0.1, -0.05) is 37.3 Å². The molecule has 1 aliphatic heterocycles. The number of benzene rings is 1. The highest BCUT2D eigenvalue weighted by molar-refractivity contribution is 5.21. The SMILES string of the molecule is CC[C@@H]1c2cccn2CCN1Cc1cnn(Cc2ccccc2)c1C. The molecule has 3 aromatic rings. The van der Waals surface area contributed by atoms with E-state index in [1.54, 1.807) is 0 Å². The highest BCUT2D eigenvalue weighted by Crippen LogP contribution is 2.30. The van der Waals surface area contributed by atoms with Gasteiger partial charge in [0.25, 0.3) is 0 Å². The van der Waals surface area contributed by atoms with E-state index in [0.717, 1.165) is 32.6 Å². The molecule has 0 N–H and O–H groups in total. The zero-order valence-corrected chi connectivity index (χ0v) is 15.1. The lowest BCUT2D eigenvalue weighted by Gasteiger charge is -2.36. The molecule has 0 saturated carbocycles. The number of hydrogen-bond acceptors (Lipinski definition) is 2. The zero-order chi connectivity index (χ0) is 17.2. The summed E-state index contributed by atoms with van der Waals surface area (Å²) in [6, 6.07) is 15.5. The molecule has 0 fully saturated rings. The Morgan fingerprint density at radius 3 is 2.68 bits per heavy atom. The Morgan fingerprint density at radius 1 is 1.04 bits per heavy atom. The fourth-order valence-electron chi connectivity index (χ4n) is 3.94. The van der Waals surface area contributed by atoms with Gasteiger partial charge in [-0.15, -0.1) is 0 Å². The van der Waals surface area contributed by atoms with Gasteiger partial charge in [0.2, 0.25) is 0 Å². The van der Waals surface area contributed by atoms with Crippen molar-refractivity contribution in [3.05, 3.63) is 77.4 Å². The summed E-state index contributed by atoms with van der Waals surface area (Å²) in [5.74, 6) is 0. The second-order valence-corrected chi connectivity index (χ2v) is 6.92. The van der Waals surface area contributed by atoms with Crippen LogP contribution in [-0.4, -0.2) is 25.8 Å². The van der Waals surface area contributed by atoms with Crippen LogP contribution in [0.1, 0.15) is 41.9 Å². The van der Waals surface area contributed by atoms with E-state index in [1.165, 1.54) is 22.5 Å². The third-order valence-corrected chi connectivity index (χ3v) is 5.42. The summed E-state index contributed by atoms with van der Waals surface area (Å²) in [5.41, 5.74) is 5.36. The first-order valence-electron chi connectivity index (χ1n) is 9.20. The Kier molecular flexibility index (Phi) is 4.45. The van der Waals surface area contributed by atoms with E-state index in [2.05, 4.69) is 88.0 Å². The standard InChI is InChI=1S/C21H26N4/c1-3-20-21-10-7-11-23(21)12-13-24(20)16-19-14-22-25(17(19)2)15-18-8-5-4-6-9-18/h4-11,14,20H,3,12-13,15-16H2,1-2H3/t20-/m1/s1. The Hall–Kier alpha value is -2.33. The summed E-state index contributed by atoms with van der Waals surface area (Å²) >= 11 is 0. The molecule has 0 radical (unpaired) electrons. The van der Waals surface area contributed by atoms with Gasteiger partial charge >= 0.3 is 0 Å². The fourth-order valence-corrected chi connectivity index (χ4v) is 3.94. The van der Waals surface area contributed by atoms with Crippen LogP contribution in [0.25, 0.3) is 0 Å². The van der Waals surface area contributed by atoms with Crippen molar-refractivity contribution >= 4 is 0 Å². The molecule has 0 unspecified atom stereocenters. The van der Waals surface area contributed by atoms with E-state index in [-0.39, 0.29) is 0 Å². The van der Waals surface area contributed by atoms with Crippen LogP contribution in [0.4, 0.5) is 0 Å². The number of rotatable bonds is 5. The first-order valence-corrected chi connectivity index (χ1v) is 9.20. The Bertz CT molecular complexity index is 831. The molecule has 0 bridgehead atoms. The average molecular weight is 334 g/mol. The van der Waals surface area contributed by atoms with Crippen molar-refractivity contribution in [1.29, 1.82) is 0 Å². The van der Waals surface area contributed by atoms with E-state index in [4.69, 9.17) is 0 Å². The number of hydrogen-bond donors (Lipinski definition) is 0. The van der Waals surface area contributed by atoms with Gasteiger partial charge in [0.1, 0.15) is 0 Å². The summed E-state index contributed by atoms with van der Waals surface area (Å²) in [6.07, 6.45) is 5.40. The first-order chi connectivity index (χ1) is 12.3. The maximum atomic E-state index is 4.65. The minimum Gasteiger partial charge on any atom is -0.349 e. The van der Waals surface area contributed by atoms with Crippen LogP contribution in [0.15, 0.2) is 54.9 Å². The summed E-state index contributed by atoms with van der Waals surface area (Å²) in [4.78, 5) is 2.60. The van der Waals surface area contributed by atoms with E-state index >= 15 is 0 Å². The highest BCUT2D eigenvalue weighted by Gasteiger charge is 2.26. The number of aromatic nitrogens is 3.